The highest BCUT2D eigenvalue weighted by atomic mass is 16.5. The van der Waals surface area contributed by atoms with Gasteiger partial charge < -0.3 is 25.4 Å². The quantitative estimate of drug-likeness (QED) is 0.440. The molecule has 140 valence electrons. The summed E-state index contributed by atoms with van der Waals surface area (Å²) in [6.07, 6.45) is 0.806. The van der Waals surface area contributed by atoms with E-state index in [1.807, 2.05) is 45.0 Å². The average Bonchev–Trinajstić information content (AvgIpc) is 2.62. The number of benzene rings is 1. The van der Waals surface area contributed by atoms with E-state index in [0.29, 0.717) is 37.1 Å². The summed E-state index contributed by atoms with van der Waals surface area (Å²) in [7, 11) is 1.62. The maximum absolute atomic E-state index is 11.6. The Hall–Kier alpha value is -2.44. The molecule has 0 saturated carbocycles. The zero-order chi connectivity index (χ0) is 18.5. The summed E-state index contributed by atoms with van der Waals surface area (Å²) in [6, 6.07) is 7.52. The van der Waals surface area contributed by atoms with E-state index in [9.17, 15) is 4.79 Å². The van der Waals surface area contributed by atoms with Gasteiger partial charge in [-0.1, -0.05) is 19.1 Å². The van der Waals surface area contributed by atoms with Crippen LogP contribution in [-0.4, -0.2) is 51.3 Å². The van der Waals surface area contributed by atoms with Gasteiger partial charge in [0.05, 0.1) is 13.7 Å². The van der Waals surface area contributed by atoms with Crippen LogP contribution >= 0.6 is 0 Å². The van der Waals surface area contributed by atoms with Crippen LogP contribution in [-0.2, 0) is 4.79 Å². The van der Waals surface area contributed by atoms with Crippen LogP contribution in [0.1, 0.15) is 27.2 Å². The third-order valence-corrected chi connectivity index (χ3v) is 3.25. The van der Waals surface area contributed by atoms with Crippen LogP contribution in [0.5, 0.6) is 11.5 Å². The number of methoxy groups -OCH3 is 1. The van der Waals surface area contributed by atoms with Gasteiger partial charge in [-0.15, -0.1) is 0 Å². The van der Waals surface area contributed by atoms with Crippen LogP contribution in [0.15, 0.2) is 29.3 Å². The molecular weight excluding hydrogens is 320 g/mol. The van der Waals surface area contributed by atoms with E-state index < -0.39 is 0 Å². The fraction of sp³-hybridized carbons (Fsp3) is 0.556. The number of aliphatic imine (C=N–C) groups is 1. The van der Waals surface area contributed by atoms with Crippen molar-refractivity contribution in [3.8, 4) is 11.5 Å². The van der Waals surface area contributed by atoms with Gasteiger partial charge in [-0.2, -0.15) is 0 Å². The summed E-state index contributed by atoms with van der Waals surface area (Å²) < 4.78 is 11.2. The maximum Gasteiger partial charge on any atom is 0.241 e. The van der Waals surface area contributed by atoms with Crippen molar-refractivity contribution in [2.75, 3.05) is 33.3 Å². The molecule has 0 aromatic heterocycles. The van der Waals surface area contributed by atoms with Crippen molar-refractivity contribution >= 4 is 11.9 Å². The van der Waals surface area contributed by atoms with Crippen molar-refractivity contribution < 1.29 is 14.3 Å². The first-order valence-electron chi connectivity index (χ1n) is 8.69. The fourth-order valence-corrected chi connectivity index (χ4v) is 2.03. The molecule has 0 fully saturated rings. The van der Waals surface area contributed by atoms with Gasteiger partial charge in [0.15, 0.2) is 17.5 Å². The van der Waals surface area contributed by atoms with E-state index >= 15 is 0 Å². The Morgan fingerprint density at radius 1 is 1.16 bits per heavy atom. The Balaban J connectivity index is 2.51. The molecule has 7 nitrogen and oxygen atoms in total. The number of ether oxygens (including phenoxy) is 2. The van der Waals surface area contributed by atoms with Gasteiger partial charge in [-0.3, -0.25) is 4.79 Å². The third-order valence-electron chi connectivity index (χ3n) is 3.25. The minimum Gasteiger partial charge on any atom is -0.493 e. The van der Waals surface area contributed by atoms with Gasteiger partial charge in [0.1, 0.15) is 12.6 Å². The lowest BCUT2D eigenvalue weighted by molar-refractivity contribution is -0.119. The first-order valence-corrected chi connectivity index (χ1v) is 8.69. The van der Waals surface area contributed by atoms with Gasteiger partial charge in [0.25, 0.3) is 0 Å². The van der Waals surface area contributed by atoms with Gasteiger partial charge in [0, 0.05) is 13.1 Å². The number of carbonyl (C=O) groups excluding carboxylic acids is 1. The minimum absolute atomic E-state index is 0.0858. The van der Waals surface area contributed by atoms with Crippen LogP contribution in [0, 0.1) is 0 Å². The fourth-order valence-electron chi connectivity index (χ4n) is 2.03. The smallest absolute Gasteiger partial charge is 0.241 e. The number of rotatable bonds is 10. The van der Waals surface area contributed by atoms with Crippen molar-refractivity contribution in [2.45, 2.75) is 33.3 Å². The summed E-state index contributed by atoms with van der Waals surface area (Å²) in [5, 5.41) is 9.10. The monoisotopic (exact) mass is 350 g/mol. The molecular formula is C18H30N4O3. The van der Waals surface area contributed by atoms with Crippen molar-refractivity contribution in [1.29, 1.82) is 0 Å². The van der Waals surface area contributed by atoms with E-state index in [2.05, 4.69) is 20.9 Å². The number of hydrogen-bond donors (Lipinski definition) is 3. The van der Waals surface area contributed by atoms with E-state index in [1.165, 1.54) is 0 Å². The van der Waals surface area contributed by atoms with Crippen molar-refractivity contribution in [2.24, 2.45) is 4.99 Å². The molecule has 1 unspecified atom stereocenters. The first kappa shape index (κ1) is 20.6. The van der Waals surface area contributed by atoms with Crippen molar-refractivity contribution in [1.82, 2.24) is 16.0 Å². The highest BCUT2D eigenvalue weighted by Crippen LogP contribution is 2.26. The molecule has 0 heterocycles. The molecule has 0 spiro atoms. The van der Waals surface area contributed by atoms with Crippen molar-refractivity contribution in [3.63, 3.8) is 0 Å². The van der Waals surface area contributed by atoms with E-state index in [-0.39, 0.29) is 18.6 Å². The molecule has 3 N–H and O–H groups in total. The molecule has 0 bridgehead atoms. The number of nitrogens with zero attached hydrogens (tertiary/aromatic N) is 1. The van der Waals surface area contributed by atoms with Crippen LogP contribution in [0.2, 0.25) is 0 Å². The van der Waals surface area contributed by atoms with Gasteiger partial charge in [-0.25, -0.2) is 4.99 Å². The molecule has 1 aromatic rings. The first-order chi connectivity index (χ1) is 12.1. The van der Waals surface area contributed by atoms with Gasteiger partial charge in [0.2, 0.25) is 5.91 Å². The minimum atomic E-state index is -0.103. The second kappa shape index (κ2) is 12.0. The van der Waals surface area contributed by atoms with Gasteiger partial charge >= 0.3 is 0 Å². The Bertz CT molecular complexity index is 549. The maximum atomic E-state index is 11.6. The number of nitrogens with one attached hydrogen (secondary N) is 3. The summed E-state index contributed by atoms with van der Waals surface area (Å²) >= 11 is 0. The third kappa shape index (κ3) is 8.28. The lowest BCUT2D eigenvalue weighted by Gasteiger charge is -2.19. The second-order valence-corrected chi connectivity index (χ2v) is 5.51. The largest absolute Gasteiger partial charge is 0.493 e. The number of carbonyl (C=O) groups is 1. The lowest BCUT2D eigenvalue weighted by Crippen LogP contribution is -2.42. The molecule has 0 radical (unpaired) electrons. The Morgan fingerprint density at radius 2 is 1.88 bits per heavy atom. The van der Waals surface area contributed by atoms with Crippen molar-refractivity contribution in [3.05, 3.63) is 24.3 Å². The van der Waals surface area contributed by atoms with E-state index in [4.69, 9.17) is 9.47 Å². The highest BCUT2D eigenvalue weighted by Gasteiger charge is 2.09. The van der Waals surface area contributed by atoms with Gasteiger partial charge in [-0.05, 0) is 32.4 Å². The zero-order valence-electron chi connectivity index (χ0n) is 15.6. The Labute approximate surface area is 150 Å². The lowest BCUT2D eigenvalue weighted by atomic mass is 10.3. The summed E-state index contributed by atoms with van der Waals surface area (Å²) in [6.45, 7) is 7.96. The molecule has 1 aromatic carbocycles. The predicted molar refractivity (Wildman–Crippen MR) is 100 cm³/mol. The normalized spacial score (nSPS) is 12.2. The molecule has 1 atom stereocenters. The number of para-hydroxylation sites is 2. The Morgan fingerprint density at radius 3 is 2.52 bits per heavy atom. The predicted octanol–water partition coefficient (Wildman–Crippen LogP) is 1.54. The summed E-state index contributed by atoms with van der Waals surface area (Å²) in [5.74, 6) is 1.89. The average molecular weight is 350 g/mol. The number of hydrogen-bond acceptors (Lipinski definition) is 4. The van der Waals surface area contributed by atoms with Crippen LogP contribution < -0.4 is 25.4 Å². The molecule has 0 aliphatic carbocycles. The number of guanidine groups is 1. The highest BCUT2D eigenvalue weighted by molar-refractivity contribution is 5.84. The SMILES string of the molecule is CCCNC(=O)CN=C(NCC)NCC(C)Oc1ccccc1OC. The molecule has 1 amide bonds. The second-order valence-electron chi connectivity index (χ2n) is 5.51. The van der Waals surface area contributed by atoms with E-state index in [0.717, 1.165) is 6.42 Å². The standard InChI is InChI=1S/C18H30N4O3/c1-5-11-20-17(23)13-22-18(19-6-2)21-12-14(3)25-16-10-8-7-9-15(16)24-4/h7-10,14H,5-6,11-13H2,1-4H3,(H,20,23)(H2,19,21,22). The summed E-state index contributed by atoms with van der Waals surface area (Å²) in [5.41, 5.74) is 0. The molecule has 25 heavy (non-hydrogen) atoms. The molecule has 7 heteroatoms. The summed E-state index contributed by atoms with van der Waals surface area (Å²) in [4.78, 5) is 15.9. The molecule has 1 rings (SSSR count). The Kier molecular flexibility index (Phi) is 9.89. The van der Waals surface area contributed by atoms with E-state index in [1.54, 1.807) is 7.11 Å². The number of amides is 1. The van der Waals surface area contributed by atoms with Crippen LogP contribution in [0.4, 0.5) is 0 Å². The molecule has 0 aliphatic rings. The molecule has 0 saturated heterocycles. The van der Waals surface area contributed by atoms with Crippen LogP contribution in [0.25, 0.3) is 0 Å². The topological polar surface area (TPSA) is 84.0 Å². The molecule has 0 aliphatic heterocycles. The van der Waals surface area contributed by atoms with Crippen LogP contribution in [0.3, 0.4) is 0 Å². The zero-order valence-corrected chi connectivity index (χ0v) is 15.6.